The van der Waals surface area contributed by atoms with Crippen molar-refractivity contribution in [1.29, 1.82) is 0 Å². The lowest BCUT2D eigenvalue weighted by Gasteiger charge is -2.27. The Hall–Kier alpha value is -1.39. The van der Waals surface area contributed by atoms with E-state index in [1.165, 1.54) is 11.1 Å². The molecule has 1 aliphatic carbocycles. The summed E-state index contributed by atoms with van der Waals surface area (Å²) in [5.74, 6) is 0.777. The summed E-state index contributed by atoms with van der Waals surface area (Å²) in [4.78, 5) is 14.9. The average Bonchev–Trinajstić information content (AvgIpc) is 2.99. The number of hydrogen-bond donors (Lipinski definition) is 1. The molecule has 2 aliphatic heterocycles. The van der Waals surface area contributed by atoms with Crippen molar-refractivity contribution in [3.8, 4) is 0 Å². The second-order valence-corrected chi connectivity index (χ2v) is 6.67. The van der Waals surface area contributed by atoms with E-state index in [-0.39, 0.29) is 11.7 Å². The smallest absolute Gasteiger partial charge is 0.244 e. The van der Waals surface area contributed by atoms with Gasteiger partial charge in [0.05, 0.1) is 6.61 Å². The van der Waals surface area contributed by atoms with Crippen molar-refractivity contribution in [3.05, 3.63) is 35.4 Å². The highest BCUT2D eigenvalue weighted by molar-refractivity contribution is 5.92. The molecule has 1 N–H and O–H groups in total. The summed E-state index contributed by atoms with van der Waals surface area (Å²) >= 11 is 0. The maximum absolute atomic E-state index is 12.8. The third-order valence-electron chi connectivity index (χ3n) is 5.11. The van der Waals surface area contributed by atoms with Gasteiger partial charge >= 0.3 is 0 Å². The molecular weight excluding hydrogens is 264 g/mol. The SMILES string of the molecule is Cc1ccccc1C1NC2(CC2)C(=O)N1CC1CCOC1. The highest BCUT2D eigenvalue weighted by Gasteiger charge is 2.59. The third-order valence-corrected chi connectivity index (χ3v) is 5.11. The van der Waals surface area contributed by atoms with Gasteiger partial charge in [-0.15, -0.1) is 0 Å². The number of carbonyl (C=O) groups is 1. The number of benzene rings is 1. The molecule has 21 heavy (non-hydrogen) atoms. The lowest BCUT2D eigenvalue weighted by Crippen LogP contribution is -2.36. The summed E-state index contributed by atoms with van der Waals surface area (Å²) in [6.07, 6.45) is 3.05. The first-order valence-electron chi connectivity index (χ1n) is 7.92. The molecule has 4 heteroatoms. The summed E-state index contributed by atoms with van der Waals surface area (Å²) in [6, 6.07) is 8.37. The van der Waals surface area contributed by atoms with E-state index in [2.05, 4.69) is 41.4 Å². The first-order chi connectivity index (χ1) is 10.2. The number of ether oxygens (including phenoxy) is 1. The van der Waals surface area contributed by atoms with Crippen LogP contribution in [0.25, 0.3) is 0 Å². The predicted octanol–water partition coefficient (Wildman–Crippen LogP) is 1.99. The highest BCUT2D eigenvalue weighted by atomic mass is 16.5. The average molecular weight is 286 g/mol. The van der Waals surface area contributed by atoms with Gasteiger partial charge in [0.2, 0.25) is 5.91 Å². The maximum Gasteiger partial charge on any atom is 0.244 e. The zero-order chi connectivity index (χ0) is 14.4. The van der Waals surface area contributed by atoms with Crippen LogP contribution in [0.1, 0.15) is 36.6 Å². The number of aryl methyl sites for hydroxylation is 1. The van der Waals surface area contributed by atoms with Gasteiger partial charge in [0, 0.05) is 19.1 Å². The lowest BCUT2D eigenvalue weighted by molar-refractivity contribution is -0.131. The van der Waals surface area contributed by atoms with Crippen LogP contribution in [0, 0.1) is 12.8 Å². The minimum Gasteiger partial charge on any atom is -0.381 e. The van der Waals surface area contributed by atoms with Crippen LogP contribution in [0.3, 0.4) is 0 Å². The Morgan fingerprint density at radius 3 is 2.86 bits per heavy atom. The van der Waals surface area contributed by atoms with Gasteiger partial charge in [0.1, 0.15) is 11.7 Å². The van der Waals surface area contributed by atoms with Gasteiger partial charge in [0.15, 0.2) is 0 Å². The minimum absolute atomic E-state index is 0.0294. The maximum atomic E-state index is 12.8. The molecule has 1 saturated carbocycles. The topological polar surface area (TPSA) is 41.6 Å². The normalized spacial score (nSPS) is 30.3. The molecule has 0 bridgehead atoms. The van der Waals surface area contributed by atoms with Crippen molar-refractivity contribution < 1.29 is 9.53 Å². The largest absolute Gasteiger partial charge is 0.381 e. The van der Waals surface area contributed by atoms with E-state index in [1.54, 1.807) is 0 Å². The van der Waals surface area contributed by atoms with Crippen LogP contribution < -0.4 is 5.32 Å². The van der Waals surface area contributed by atoms with E-state index in [4.69, 9.17) is 4.74 Å². The van der Waals surface area contributed by atoms with Crippen LogP contribution in [0.5, 0.6) is 0 Å². The van der Waals surface area contributed by atoms with Gasteiger partial charge in [-0.25, -0.2) is 0 Å². The quantitative estimate of drug-likeness (QED) is 0.924. The summed E-state index contributed by atoms with van der Waals surface area (Å²) in [6.45, 7) is 4.56. The van der Waals surface area contributed by atoms with E-state index >= 15 is 0 Å². The van der Waals surface area contributed by atoms with E-state index in [0.29, 0.717) is 11.8 Å². The molecule has 1 amide bonds. The molecule has 4 nitrogen and oxygen atoms in total. The first-order valence-corrected chi connectivity index (χ1v) is 7.92. The summed E-state index contributed by atoms with van der Waals surface area (Å²) in [5, 5.41) is 3.61. The number of rotatable bonds is 3. The second kappa shape index (κ2) is 4.82. The Morgan fingerprint density at radius 1 is 1.38 bits per heavy atom. The fraction of sp³-hybridized carbons (Fsp3) is 0.588. The first kappa shape index (κ1) is 13.3. The monoisotopic (exact) mass is 286 g/mol. The fourth-order valence-corrected chi connectivity index (χ4v) is 3.61. The fourth-order valence-electron chi connectivity index (χ4n) is 3.61. The second-order valence-electron chi connectivity index (χ2n) is 6.67. The van der Waals surface area contributed by atoms with E-state index in [1.807, 2.05) is 0 Å². The van der Waals surface area contributed by atoms with Gasteiger partial charge in [-0.1, -0.05) is 24.3 Å². The molecule has 112 valence electrons. The molecule has 2 heterocycles. The standard InChI is InChI=1S/C17H22N2O2/c1-12-4-2-3-5-14(12)15-18-17(7-8-17)16(20)19(15)10-13-6-9-21-11-13/h2-5,13,15,18H,6-11H2,1H3. The Labute approximate surface area is 125 Å². The van der Waals surface area contributed by atoms with E-state index in [0.717, 1.165) is 39.0 Å². The Bertz CT molecular complexity index is 562. The van der Waals surface area contributed by atoms with Crippen molar-refractivity contribution in [2.45, 2.75) is 37.9 Å². The number of amides is 1. The molecule has 0 aromatic heterocycles. The molecule has 0 radical (unpaired) electrons. The molecular formula is C17H22N2O2. The molecule has 4 rings (SSSR count). The van der Waals surface area contributed by atoms with Crippen LogP contribution in [0.4, 0.5) is 0 Å². The molecule has 2 unspecified atom stereocenters. The zero-order valence-corrected chi connectivity index (χ0v) is 12.5. The van der Waals surface area contributed by atoms with Gasteiger partial charge < -0.3 is 9.64 Å². The van der Waals surface area contributed by atoms with Gasteiger partial charge in [-0.3, -0.25) is 10.1 Å². The summed E-state index contributed by atoms with van der Waals surface area (Å²) < 4.78 is 5.48. The zero-order valence-electron chi connectivity index (χ0n) is 12.5. The minimum atomic E-state index is -0.258. The van der Waals surface area contributed by atoms with Crippen LogP contribution >= 0.6 is 0 Å². The van der Waals surface area contributed by atoms with Crippen LogP contribution in [0.15, 0.2) is 24.3 Å². The predicted molar refractivity (Wildman–Crippen MR) is 79.7 cm³/mol. The molecule has 3 fully saturated rings. The van der Waals surface area contributed by atoms with Crippen molar-refractivity contribution in [3.63, 3.8) is 0 Å². The number of hydrogen-bond acceptors (Lipinski definition) is 3. The van der Waals surface area contributed by atoms with Gasteiger partial charge in [-0.2, -0.15) is 0 Å². The third kappa shape index (κ3) is 2.17. The number of nitrogens with zero attached hydrogens (tertiary/aromatic N) is 1. The molecule has 1 spiro atoms. The summed E-state index contributed by atoms with van der Waals surface area (Å²) in [7, 11) is 0. The van der Waals surface area contributed by atoms with Crippen LogP contribution in [0.2, 0.25) is 0 Å². The van der Waals surface area contributed by atoms with Crippen LogP contribution in [-0.4, -0.2) is 36.1 Å². The van der Waals surface area contributed by atoms with Crippen molar-refractivity contribution in [2.24, 2.45) is 5.92 Å². The van der Waals surface area contributed by atoms with Gasteiger partial charge in [0.25, 0.3) is 0 Å². The Kier molecular flexibility index (Phi) is 3.05. The van der Waals surface area contributed by atoms with Crippen molar-refractivity contribution in [1.82, 2.24) is 10.2 Å². The lowest BCUT2D eigenvalue weighted by atomic mass is 10.0. The molecule has 3 aliphatic rings. The Balaban J connectivity index is 1.63. The van der Waals surface area contributed by atoms with Crippen LogP contribution in [-0.2, 0) is 9.53 Å². The highest BCUT2D eigenvalue weighted by Crippen LogP contribution is 2.46. The van der Waals surface area contributed by atoms with E-state index < -0.39 is 0 Å². The molecule has 1 aromatic carbocycles. The van der Waals surface area contributed by atoms with E-state index in [9.17, 15) is 4.79 Å². The van der Waals surface area contributed by atoms with Crippen molar-refractivity contribution in [2.75, 3.05) is 19.8 Å². The summed E-state index contributed by atoms with van der Waals surface area (Å²) in [5.41, 5.74) is 2.22. The Morgan fingerprint density at radius 2 is 2.19 bits per heavy atom. The number of carbonyl (C=O) groups excluding carboxylic acids is 1. The van der Waals surface area contributed by atoms with Crippen molar-refractivity contribution >= 4 is 5.91 Å². The molecule has 2 atom stereocenters. The van der Waals surface area contributed by atoms with Gasteiger partial charge in [-0.05, 0) is 37.3 Å². The molecule has 1 aromatic rings. The number of nitrogens with one attached hydrogen (secondary N) is 1. The molecule has 2 saturated heterocycles.